The summed E-state index contributed by atoms with van der Waals surface area (Å²) < 4.78 is 30.4. The molecule has 1 saturated heterocycles. The first-order valence-corrected chi connectivity index (χ1v) is 11.6. The van der Waals surface area contributed by atoms with E-state index in [2.05, 4.69) is 21.5 Å². The first kappa shape index (κ1) is 22.4. The molecular formula is C23H19ClF2N6OS. The van der Waals surface area contributed by atoms with Crippen LogP contribution in [0, 0.1) is 11.6 Å². The van der Waals surface area contributed by atoms with E-state index in [0.29, 0.717) is 36.4 Å². The fourth-order valence-corrected chi connectivity index (χ4v) is 5.46. The molecule has 1 aliphatic rings. The Balaban J connectivity index is 1.62. The minimum atomic E-state index is -0.654. The van der Waals surface area contributed by atoms with Crippen molar-refractivity contribution in [2.75, 3.05) is 30.3 Å². The number of aromatic nitrogens is 3. The van der Waals surface area contributed by atoms with Crippen molar-refractivity contribution in [1.29, 1.82) is 0 Å². The number of rotatable bonds is 3. The molecule has 2 aromatic carbocycles. The molecule has 2 N–H and O–H groups in total. The Morgan fingerprint density at radius 2 is 2.09 bits per heavy atom. The van der Waals surface area contributed by atoms with Gasteiger partial charge in [0.15, 0.2) is 10.9 Å². The van der Waals surface area contributed by atoms with Crippen LogP contribution in [0.25, 0.3) is 32.2 Å². The van der Waals surface area contributed by atoms with Gasteiger partial charge in [-0.05, 0) is 31.2 Å². The van der Waals surface area contributed by atoms with Crippen LogP contribution in [-0.2, 0) is 4.79 Å². The second-order valence-corrected chi connectivity index (χ2v) is 9.43. The van der Waals surface area contributed by atoms with E-state index in [4.69, 9.17) is 17.3 Å². The second kappa shape index (κ2) is 8.44. The van der Waals surface area contributed by atoms with Crippen LogP contribution in [0.5, 0.6) is 0 Å². The Kier molecular flexibility index (Phi) is 5.57. The maximum Gasteiger partial charge on any atom is 0.246 e. The highest BCUT2D eigenvalue weighted by Gasteiger charge is 2.29. The molecule has 0 unspecified atom stereocenters. The third-order valence-corrected chi connectivity index (χ3v) is 7.16. The van der Waals surface area contributed by atoms with E-state index in [0.717, 1.165) is 11.3 Å². The summed E-state index contributed by atoms with van der Waals surface area (Å²) >= 11 is 7.57. The molecule has 5 rings (SSSR count). The van der Waals surface area contributed by atoms with E-state index in [-0.39, 0.29) is 43.4 Å². The number of carbonyl (C=O) groups is 1. The summed E-state index contributed by atoms with van der Waals surface area (Å²) in [5.74, 6) is -0.749. The van der Waals surface area contributed by atoms with Crippen LogP contribution in [0.4, 0.5) is 19.7 Å². The number of halogens is 3. The number of benzene rings is 2. The number of nitrogens with zero attached hydrogens (tertiary/aromatic N) is 5. The van der Waals surface area contributed by atoms with Gasteiger partial charge in [0.1, 0.15) is 23.5 Å². The van der Waals surface area contributed by atoms with E-state index in [9.17, 15) is 9.18 Å². The van der Waals surface area contributed by atoms with Crippen molar-refractivity contribution in [2.45, 2.75) is 13.0 Å². The normalized spacial score (nSPS) is 16.4. The molecule has 2 aromatic heterocycles. The fraction of sp³-hybridized carbons (Fsp3) is 0.217. The number of nitrogen functional groups attached to an aromatic ring is 1. The van der Waals surface area contributed by atoms with Gasteiger partial charge in [-0.25, -0.2) is 23.7 Å². The summed E-state index contributed by atoms with van der Waals surface area (Å²) in [4.78, 5) is 28.5. The molecule has 34 heavy (non-hydrogen) atoms. The van der Waals surface area contributed by atoms with E-state index in [1.165, 1.54) is 24.5 Å². The number of fused-ring (bicyclic) bond motifs is 2. The van der Waals surface area contributed by atoms with Gasteiger partial charge in [0, 0.05) is 42.2 Å². The molecule has 11 heteroatoms. The number of carbonyl (C=O) groups excluding carboxylic acids is 1. The molecule has 3 heterocycles. The summed E-state index contributed by atoms with van der Waals surface area (Å²) in [5, 5.41) is 0.737. The lowest BCUT2D eigenvalue weighted by Gasteiger charge is -2.40. The Hall–Kier alpha value is -3.37. The third-order valence-electron chi connectivity index (χ3n) is 5.97. The van der Waals surface area contributed by atoms with Crippen molar-refractivity contribution in [3.63, 3.8) is 0 Å². The fourth-order valence-electron chi connectivity index (χ4n) is 4.40. The number of anilines is 2. The molecule has 1 amide bonds. The van der Waals surface area contributed by atoms with Crippen LogP contribution < -0.4 is 10.6 Å². The molecular weight excluding hydrogens is 482 g/mol. The highest BCUT2D eigenvalue weighted by atomic mass is 35.5. The molecule has 1 atom stereocenters. The molecule has 174 valence electrons. The summed E-state index contributed by atoms with van der Waals surface area (Å²) in [6.45, 7) is 6.97. The predicted octanol–water partition coefficient (Wildman–Crippen LogP) is 4.64. The molecule has 0 radical (unpaired) electrons. The first-order valence-electron chi connectivity index (χ1n) is 10.5. The van der Waals surface area contributed by atoms with Crippen LogP contribution in [-0.4, -0.2) is 51.4 Å². The third kappa shape index (κ3) is 3.54. The quantitative estimate of drug-likeness (QED) is 0.412. The van der Waals surface area contributed by atoms with Gasteiger partial charge in [0.05, 0.1) is 15.2 Å². The lowest BCUT2D eigenvalue weighted by molar-refractivity contribution is -0.128. The van der Waals surface area contributed by atoms with Gasteiger partial charge in [0.25, 0.3) is 0 Å². The van der Waals surface area contributed by atoms with Crippen LogP contribution in [0.3, 0.4) is 0 Å². The van der Waals surface area contributed by atoms with Gasteiger partial charge in [0.2, 0.25) is 5.91 Å². The number of amides is 1. The average Bonchev–Trinajstić information content (AvgIpc) is 3.22. The number of hydrogen-bond acceptors (Lipinski definition) is 7. The number of nitrogens with two attached hydrogens (primary N) is 1. The topological polar surface area (TPSA) is 88.2 Å². The first-order chi connectivity index (χ1) is 16.3. The van der Waals surface area contributed by atoms with E-state index >= 15 is 4.39 Å². The molecule has 7 nitrogen and oxygen atoms in total. The van der Waals surface area contributed by atoms with Crippen molar-refractivity contribution in [1.82, 2.24) is 19.9 Å². The molecule has 4 aromatic rings. The summed E-state index contributed by atoms with van der Waals surface area (Å²) in [7, 11) is 0. The van der Waals surface area contributed by atoms with E-state index < -0.39 is 11.6 Å². The standard InChI is InChI=1S/C23H19ClF2N6OS/c1-3-16(33)32-7-6-31(9-11(32)2)22-13-8-14(24)17(18(26)19(13)28-10-29-22)12-4-5-15(25)21-20(12)30-23(27)34-21/h3-5,8,10-11H,1,6-7,9H2,2H3,(H2,27,30)/t11-/m1/s1. The summed E-state index contributed by atoms with van der Waals surface area (Å²) in [6, 6.07) is 4.20. The number of hydrogen-bond donors (Lipinski definition) is 1. The summed E-state index contributed by atoms with van der Waals surface area (Å²) in [6.07, 6.45) is 2.59. The van der Waals surface area contributed by atoms with Crippen LogP contribution in [0.1, 0.15) is 6.92 Å². The lowest BCUT2D eigenvalue weighted by atomic mass is 10.0. The predicted molar refractivity (Wildman–Crippen MR) is 131 cm³/mol. The highest BCUT2D eigenvalue weighted by molar-refractivity contribution is 7.22. The van der Waals surface area contributed by atoms with Crippen molar-refractivity contribution in [2.24, 2.45) is 0 Å². The minimum absolute atomic E-state index is 0.0730. The van der Waals surface area contributed by atoms with Gasteiger partial charge in [-0.3, -0.25) is 4.79 Å². The van der Waals surface area contributed by atoms with Crippen molar-refractivity contribution >= 4 is 60.9 Å². The number of piperazine rings is 1. The number of thiazole rings is 1. The zero-order valence-electron chi connectivity index (χ0n) is 18.1. The summed E-state index contributed by atoms with van der Waals surface area (Å²) in [5.41, 5.74) is 6.52. The zero-order valence-corrected chi connectivity index (χ0v) is 19.6. The Bertz CT molecular complexity index is 1480. The largest absolute Gasteiger partial charge is 0.375 e. The molecule has 0 aliphatic carbocycles. The smallest absolute Gasteiger partial charge is 0.246 e. The molecule has 0 saturated carbocycles. The zero-order chi connectivity index (χ0) is 24.1. The minimum Gasteiger partial charge on any atom is -0.375 e. The van der Waals surface area contributed by atoms with Crippen molar-refractivity contribution in [3.8, 4) is 11.1 Å². The molecule has 1 fully saturated rings. The van der Waals surface area contributed by atoms with Gasteiger partial charge < -0.3 is 15.5 Å². The van der Waals surface area contributed by atoms with E-state index in [1.54, 1.807) is 11.0 Å². The van der Waals surface area contributed by atoms with Gasteiger partial charge in [-0.2, -0.15) is 0 Å². The van der Waals surface area contributed by atoms with Crippen molar-refractivity contribution < 1.29 is 13.6 Å². The lowest BCUT2D eigenvalue weighted by Crippen LogP contribution is -2.54. The van der Waals surface area contributed by atoms with Gasteiger partial charge >= 0.3 is 0 Å². The van der Waals surface area contributed by atoms with E-state index in [1.807, 2.05) is 11.8 Å². The Morgan fingerprint density at radius 1 is 1.29 bits per heavy atom. The maximum absolute atomic E-state index is 15.9. The second-order valence-electron chi connectivity index (χ2n) is 8.00. The molecule has 0 spiro atoms. The van der Waals surface area contributed by atoms with Crippen LogP contribution >= 0.6 is 22.9 Å². The highest BCUT2D eigenvalue weighted by Crippen LogP contribution is 2.42. The monoisotopic (exact) mass is 500 g/mol. The molecule has 0 bridgehead atoms. The molecule has 1 aliphatic heterocycles. The average molecular weight is 501 g/mol. The maximum atomic E-state index is 15.9. The Labute approximate surface area is 202 Å². The SMILES string of the molecule is C=CC(=O)N1CCN(c2ncnc3c(F)c(-c4ccc(F)c5sc(N)nc45)c(Cl)cc23)C[C@H]1C. The Morgan fingerprint density at radius 3 is 2.82 bits per heavy atom. The van der Waals surface area contributed by atoms with Crippen LogP contribution in [0.15, 0.2) is 37.2 Å². The van der Waals surface area contributed by atoms with Gasteiger partial charge in [-0.1, -0.05) is 29.5 Å². The van der Waals surface area contributed by atoms with Crippen molar-refractivity contribution in [3.05, 3.63) is 53.8 Å². The van der Waals surface area contributed by atoms with Gasteiger partial charge in [-0.15, -0.1) is 0 Å². The van der Waals surface area contributed by atoms with Crippen LogP contribution in [0.2, 0.25) is 5.02 Å².